The fraction of sp³-hybridized carbons (Fsp3) is 0.333. The minimum absolute atomic E-state index is 0.0517. The van der Waals surface area contributed by atoms with E-state index in [1.807, 2.05) is 30.3 Å². The van der Waals surface area contributed by atoms with Crippen LogP contribution in [0.2, 0.25) is 0 Å². The van der Waals surface area contributed by atoms with Gasteiger partial charge in [-0.15, -0.1) is 0 Å². The SMILES string of the molecule is N=C(N)NCCCC(O[C]=O)c1ccccc1. The Morgan fingerprint density at radius 1 is 1.47 bits per heavy atom. The highest BCUT2D eigenvalue weighted by molar-refractivity contribution is 5.74. The average molecular weight is 234 g/mol. The lowest BCUT2D eigenvalue weighted by molar-refractivity contribution is 0.167. The molecule has 0 aliphatic carbocycles. The van der Waals surface area contributed by atoms with Crippen molar-refractivity contribution in [3.63, 3.8) is 0 Å². The summed E-state index contributed by atoms with van der Waals surface area (Å²) in [6.45, 7) is 2.06. The molecule has 0 aliphatic rings. The summed E-state index contributed by atoms with van der Waals surface area (Å²) in [5.74, 6) is -0.0517. The van der Waals surface area contributed by atoms with Crippen molar-refractivity contribution in [1.29, 1.82) is 5.41 Å². The van der Waals surface area contributed by atoms with Crippen LogP contribution in [-0.4, -0.2) is 19.0 Å². The maximum atomic E-state index is 10.3. The van der Waals surface area contributed by atoms with E-state index in [1.54, 1.807) is 0 Å². The Labute approximate surface area is 100 Å². The molecule has 0 saturated heterocycles. The van der Waals surface area contributed by atoms with Gasteiger partial charge >= 0.3 is 6.47 Å². The van der Waals surface area contributed by atoms with E-state index in [1.165, 1.54) is 6.47 Å². The summed E-state index contributed by atoms with van der Waals surface area (Å²) < 4.78 is 4.92. The molecule has 1 radical (unpaired) electrons. The number of benzene rings is 1. The summed E-state index contributed by atoms with van der Waals surface area (Å²) >= 11 is 0. The second-order valence-corrected chi connectivity index (χ2v) is 3.58. The summed E-state index contributed by atoms with van der Waals surface area (Å²) in [7, 11) is 0. The first-order valence-electron chi connectivity index (χ1n) is 5.39. The molecule has 0 spiro atoms. The van der Waals surface area contributed by atoms with E-state index in [0.717, 1.165) is 12.0 Å². The standard InChI is InChI=1S/C12H16N3O2/c13-12(14)15-8-4-7-11(17-9-16)10-5-2-1-3-6-10/h1-3,5-6,11H,4,7-8H2,(H4,13,14,15). The molecule has 1 atom stereocenters. The minimum atomic E-state index is -0.289. The molecular weight excluding hydrogens is 218 g/mol. The van der Waals surface area contributed by atoms with Gasteiger partial charge in [-0.3, -0.25) is 5.41 Å². The highest BCUT2D eigenvalue weighted by Gasteiger charge is 2.11. The maximum absolute atomic E-state index is 10.3. The van der Waals surface area contributed by atoms with Gasteiger partial charge in [-0.25, -0.2) is 4.79 Å². The molecule has 0 heterocycles. The topological polar surface area (TPSA) is 88.2 Å². The van der Waals surface area contributed by atoms with Crippen LogP contribution in [0.1, 0.15) is 24.5 Å². The van der Waals surface area contributed by atoms with Crippen molar-refractivity contribution in [3.05, 3.63) is 35.9 Å². The second-order valence-electron chi connectivity index (χ2n) is 3.58. The summed E-state index contributed by atoms with van der Waals surface area (Å²) in [5, 5.41) is 9.70. The molecule has 4 N–H and O–H groups in total. The largest absolute Gasteiger partial charge is 0.449 e. The summed E-state index contributed by atoms with van der Waals surface area (Å²) in [5.41, 5.74) is 6.10. The van der Waals surface area contributed by atoms with Crippen molar-refractivity contribution in [3.8, 4) is 0 Å². The molecular formula is C12H16N3O2. The molecule has 0 amide bonds. The third kappa shape index (κ3) is 5.01. The van der Waals surface area contributed by atoms with Gasteiger partial charge in [0, 0.05) is 6.54 Å². The minimum Gasteiger partial charge on any atom is -0.449 e. The Bertz CT molecular complexity index is 354. The molecule has 1 aromatic rings. The zero-order chi connectivity index (χ0) is 12.5. The monoisotopic (exact) mass is 234 g/mol. The van der Waals surface area contributed by atoms with Gasteiger partial charge in [0.25, 0.3) is 0 Å². The fourth-order valence-corrected chi connectivity index (χ4v) is 1.53. The van der Waals surface area contributed by atoms with Crippen LogP contribution in [0.3, 0.4) is 0 Å². The first-order chi connectivity index (χ1) is 8.24. The predicted molar refractivity (Wildman–Crippen MR) is 65.1 cm³/mol. The molecule has 5 nitrogen and oxygen atoms in total. The molecule has 1 rings (SSSR count). The molecule has 91 valence electrons. The Morgan fingerprint density at radius 3 is 2.76 bits per heavy atom. The molecule has 0 fully saturated rings. The Kier molecular flexibility index (Phi) is 5.57. The maximum Gasteiger partial charge on any atom is 0.418 e. The molecule has 0 saturated carbocycles. The normalized spacial score (nSPS) is 11.5. The van der Waals surface area contributed by atoms with E-state index in [0.29, 0.717) is 13.0 Å². The lowest BCUT2D eigenvalue weighted by atomic mass is 10.0. The molecule has 1 unspecified atom stereocenters. The highest BCUT2D eigenvalue weighted by atomic mass is 16.5. The number of ether oxygens (including phenoxy) is 1. The second kappa shape index (κ2) is 7.27. The Hall–Kier alpha value is -2.04. The third-order valence-electron chi connectivity index (χ3n) is 2.32. The molecule has 17 heavy (non-hydrogen) atoms. The van der Waals surface area contributed by atoms with Crippen LogP contribution in [0.15, 0.2) is 30.3 Å². The van der Waals surface area contributed by atoms with Gasteiger partial charge in [-0.2, -0.15) is 0 Å². The summed E-state index contributed by atoms with van der Waals surface area (Å²) in [6.07, 6.45) is 1.13. The van der Waals surface area contributed by atoms with Crippen LogP contribution in [-0.2, 0) is 9.53 Å². The van der Waals surface area contributed by atoms with Gasteiger partial charge in [0.15, 0.2) is 5.96 Å². The van der Waals surface area contributed by atoms with E-state index in [9.17, 15) is 4.79 Å². The van der Waals surface area contributed by atoms with E-state index in [-0.39, 0.29) is 12.1 Å². The highest BCUT2D eigenvalue weighted by Crippen LogP contribution is 2.21. The van der Waals surface area contributed by atoms with E-state index < -0.39 is 0 Å². The number of hydrogen-bond acceptors (Lipinski definition) is 3. The Balaban J connectivity index is 2.44. The van der Waals surface area contributed by atoms with Crippen LogP contribution in [0.4, 0.5) is 0 Å². The van der Waals surface area contributed by atoms with Crippen molar-refractivity contribution in [2.24, 2.45) is 5.73 Å². The van der Waals surface area contributed by atoms with Crippen molar-refractivity contribution in [2.45, 2.75) is 18.9 Å². The van der Waals surface area contributed by atoms with Crippen molar-refractivity contribution in [1.82, 2.24) is 5.32 Å². The van der Waals surface area contributed by atoms with Gasteiger partial charge in [-0.1, -0.05) is 30.3 Å². The summed E-state index contributed by atoms with van der Waals surface area (Å²) in [4.78, 5) is 10.3. The fourth-order valence-electron chi connectivity index (χ4n) is 1.53. The quantitative estimate of drug-likeness (QED) is 0.374. The number of nitrogens with two attached hydrogens (primary N) is 1. The van der Waals surface area contributed by atoms with Crippen LogP contribution in [0.25, 0.3) is 0 Å². The zero-order valence-corrected chi connectivity index (χ0v) is 9.48. The lowest BCUT2D eigenvalue weighted by Gasteiger charge is -2.14. The summed E-state index contributed by atoms with van der Waals surface area (Å²) in [6, 6.07) is 9.50. The van der Waals surface area contributed by atoms with E-state index in [4.69, 9.17) is 15.9 Å². The van der Waals surface area contributed by atoms with Gasteiger partial charge < -0.3 is 15.8 Å². The molecule has 0 aliphatic heterocycles. The number of nitrogens with one attached hydrogen (secondary N) is 2. The lowest BCUT2D eigenvalue weighted by Crippen LogP contribution is -2.31. The first kappa shape index (κ1) is 13.0. The van der Waals surface area contributed by atoms with Gasteiger partial charge in [0.1, 0.15) is 6.10 Å². The van der Waals surface area contributed by atoms with Crippen LogP contribution in [0, 0.1) is 5.41 Å². The van der Waals surface area contributed by atoms with Crippen LogP contribution >= 0.6 is 0 Å². The third-order valence-corrected chi connectivity index (χ3v) is 2.32. The smallest absolute Gasteiger partial charge is 0.418 e. The first-order valence-corrected chi connectivity index (χ1v) is 5.39. The Morgan fingerprint density at radius 2 is 2.18 bits per heavy atom. The van der Waals surface area contributed by atoms with Crippen molar-refractivity contribution < 1.29 is 9.53 Å². The number of carbonyl (C=O) groups excluding carboxylic acids is 1. The zero-order valence-electron chi connectivity index (χ0n) is 9.48. The predicted octanol–water partition coefficient (Wildman–Crippen LogP) is 1.07. The average Bonchev–Trinajstić information content (AvgIpc) is 2.34. The van der Waals surface area contributed by atoms with Crippen LogP contribution in [0.5, 0.6) is 0 Å². The van der Waals surface area contributed by atoms with Gasteiger partial charge in [-0.05, 0) is 18.4 Å². The molecule has 1 aromatic carbocycles. The van der Waals surface area contributed by atoms with Gasteiger partial charge in [0.2, 0.25) is 0 Å². The van der Waals surface area contributed by atoms with E-state index in [2.05, 4.69) is 5.32 Å². The van der Waals surface area contributed by atoms with Gasteiger partial charge in [0.05, 0.1) is 0 Å². The van der Waals surface area contributed by atoms with Crippen molar-refractivity contribution >= 4 is 12.4 Å². The number of guanidine groups is 1. The molecule has 0 bridgehead atoms. The number of hydrogen-bond donors (Lipinski definition) is 3. The number of rotatable bonds is 7. The van der Waals surface area contributed by atoms with Crippen LogP contribution < -0.4 is 11.1 Å². The molecule has 5 heteroatoms. The van der Waals surface area contributed by atoms with E-state index >= 15 is 0 Å². The van der Waals surface area contributed by atoms with Crippen molar-refractivity contribution in [2.75, 3.05) is 6.54 Å². The molecule has 0 aromatic heterocycles.